The van der Waals surface area contributed by atoms with E-state index < -0.39 is 0 Å². The average molecular weight is 84.1 g/mol. The molecule has 1 aliphatic carbocycles. The fraction of sp³-hybridized carbons (Fsp3) is 1.00. The monoisotopic (exact) mass is 84.1 g/mol. The van der Waals surface area contributed by atoms with Gasteiger partial charge in [0.25, 0.3) is 0 Å². The van der Waals surface area contributed by atoms with E-state index in [2.05, 4.69) is 0 Å². The Balaban J connectivity index is 2.09. The second-order valence-electron chi connectivity index (χ2n) is 2.19. The lowest BCUT2D eigenvalue weighted by atomic mass is 10.3. The predicted molar refractivity (Wildman–Crippen MR) is 22.5 cm³/mol. The van der Waals surface area contributed by atoms with E-state index in [9.17, 15) is 0 Å². The molecule has 0 unspecified atom stereocenters. The van der Waals surface area contributed by atoms with Gasteiger partial charge in [-0.25, -0.2) is 0 Å². The Hall–Kier alpha value is -0.0400. The zero-order valence-corrected chi connectivity index (χ0v) is 3.68. The van der Waals surface area contributed by atoms with E-state index in [1.165, 1.54) is 12.8 Å². The molecule has 0 radical (unpaired) electrons. The smallest absolute Gasteiger partial charge is 0.0608 e. The van der Waals surface area contributed by atoms with Crippen LogP contribution < -0.4 is 0 Å². The second kappa shape index (κ2) is 0.784. The van der Waals surface area contributed by atoms with Crippen LogP contribution in [0.2, 0.25) is 0 Å². The molecule has 2 atom stereocenters. The lowest BCUT2D eigenvalue weighted by molar-refractivity contribution is 0.156. The van der Waals surface area contributed by atoms with Crippen molar-refractivity contribution in [3.05, 3.63) is 0 Å². The van der Waals surface area contributed by atoms with E-state index in [1.54, 1.807) is 0 Å². The molecular weight excluding hydrogens is 76.1 g/mol. The van der Waals surface area contributed by atoms with Crippen LogP contribution in [0.1, 0.15) is 12.8 Å². The Morgan fingerprint density at radius 3 is 2.67 bits per heavy atom. The lowest BCUT2D eigenvalue weighted by Crippen LogP contribution is -1.84. The van der Waals surface area contributed by atoms with Crippen LogP contribution in [0, 0.1) is 5.92 Å². The van der Waals surface area contributed by atoms with Gasteiger partial charge in [-0.2, -0.15) is 0 Å². The van der Waals surface area contributed by atoms with Crippen LogP contribution in [0.3, 0.4) is 0 Å². The Kier molecular flexibility index (Phi) is 0.396. The van der Waals surface area contributed by atoms with Gasteiger partial charge in [-0.05, 0) is 18.8 Å². The second-order valence-corrected chi connectivity index (χ2v) is 2.19. The van der Waals surface area contributed by atoms with E-state index in [-0.39, 0.29) is 0 Å². The van der Waals surface area contributed by atoms with Crippen LogP contribution in [-0.4, -0.2) is 12.7 Å². The van der Waals surface area contributed by atoms with Gasteiger partial charge in [0.2, 0.25) is 0 Å². The van der Waals surface area contributed by atoms with E-state index in [0.29, 0.717) is 6.10 Å². The Morgan fingerprint density at radius 2 is 2.50 bits per heavy atom. The Morgan fingerprint density at radius 1 is 1.50 bits per heavy atom. The quantitative estimate of drug-likeness (QED) is 0.421. The minimum absolute atomic E-state index is 0.713. The summed E-state index contributed by atoms with van der Waals surface area (Å²) in [6.45, 7) is 1.04. The summed E-state index contributed by atoms with van der Waals surface area (Å²) >= 11 is 0. The largest absolute Gasteiger partial charge is 0.378 e. The van der Waals surface area contributed by atoms with Crippen molar-refractivity contribution < 1.29 is 4.74 Å². The first-order valence-corrected chi connectivity index (χ1v) is 2.58. The first kappa shape index (κ1) is 3.03. The normalized spacial score (nSPS) is 52.0. The van der Waals surface area contributed by atoms with Crippen molar-refractivity contribution in [2.75, 3.05) is 6.61 Å². The molecule has 1 heterocycles. The first-order valence-electron chi connectivity index (χ1n) is 2.58. The molecule has 1 heteroatoms. The molecule has 0 N–H and O–H groups in total. The van der Waals surface area contributed by atoms with Crippen molar-refractivity contribution in [1.29, 1.82) is 0 Å². The first-order chi connectivity index (χ1) is 2.97. The van der Waals surface area contributed by atoms with Gasteiger partial charge in [0.15, 0.2) is 0 Å². The SMILES string of the molecule is C1C[C@H]2C[C@@H]2O1. The maximum absolute atomic E-state index is 5.23. The van der Waals surface area contributed by atoms with E-state index in [0.717, 1.165) is 12.5 Å². The van der Waals surface area contributed by atoms with Gasteiger partial charge >= 0.3 is 0 Å². The Labute approximate surface area is 37.3 Å². The molecule has 0 aromatic rings. The van der Waals surface area contributed by atoms with Crippen molar-refractivity contribution in [3.63, 3.8) is 0 Å². The van der Waals surface area contributed by atoms with Crippen LogP contribution in [-0.2, 0) is 4.74 Å². The number of fused-ring (bicyclic) bond motifs is 1. The molecule has 2 fully saturated rings. The topological polar surface area (TPSA) is 9.23 Å². The molecule has 1 saturated carbocycles. The molecule has 2 rings (SSSR count). The van der Waals surface area contributed by atoms with Gasteiger partial charge in [0.1, 0.15) is 0 Å². The molecule has 0 amide bonds. The number of rotatable bonds is 0. The van der Waals surface area contributed by atoms with Crippen LogP contribution in [0.5, 0.6) is 0 Å². The highest BCUT2D eigenvalue weighted by Crippen LogP contribution is 2.41. The summed E-state index contributed by atoms with van der Waals surface area (Å²) in [7, 11) is 0. The number of hydrogen-bond acceptors (Lipinski definition) is 1. The van der Waals surface area contributed by atoms with E-state index in [1.807, 2.05) is 0 Å². The fourth-order valence-corrected chi connectivity index (χ4v) is 1.10. The highest BCUT2D eigenvalue weighted by atomic mass is 16.5. The summed E-state index contributed by atoms with van der Waals surface area (Å²) in [6, 6.07) is 0. The molecule has 6 heavy (non-hydrogen) atoms. The van der Waals surface area contributed by atoms with Crippen molar-refractivity contribution >= 4 is 0 Å². The lowest BCUT2D eigenvalue weighted by Gasteiger charge is -1.86. The van der Waals surface area contributed by atoms with Crippen LogP contribution in [0.25, 0.3) is 0 Å². The van der Waals surface area contributed by atoms with Gasteiger partial charge in [0, 0.05) is 6.61 Å². The average Bonchev–Trinajstić information content (AvgIpc) is 2.17. The summed E-state index contributed by atoms with van der Waals surface area (Å²) in [5, 5.41) is 0. The maximum Gasteiger partial charge on any atom is 0.0608 e. The summed E-state index contributed by atoms with van der Waals surface area (Å²) in [5.74, 6) is 0.991. The van der Waals surface area contributed by atoms with Gasteiger partial charge < -0.3 is 4.74 Å². The van der Waals surface area contributed by atoms with E-state index in [4.69, 9.17) is 4.74 Å². The summed E-state index contributed by atoms with van der Waals surface area (Å²) < 4.78 is 5.23. The maximum atomic E-state index is 5.23. The van der Waals surface area contributed by atoms with Crippen molar-refractivity contribution in [2.45, 2.75) is 18.9 Å². The van der Waals surface area contributed by atoms with Crippen molar-refractivity contribution in [3.8, 4) is 0 Å². The fourth-order valence-electron chi connectivity index (χ4n) is 1.10. The van der Waals surface area contributed by atoms with Crippen molar-refractivity contribution in [1.82, 2.24) is 0 Å². The predicted octanol–water partition coefficient (Wildman–Crippen LogP) is 0.795. The molecule has 2 aliphatic rings. The Bertz CT molecular complexity index is 62.3. The standard InChI is InChI=1S/C5H8O/c1-2-6-5-3-4(1)5/h4-5H,1-3H2/t4-,5-/m0/s1. The number of hydrogen-bond donors (Lipinski definition) is 0. The summed E-state index contributed by atoms with van der Waals surface area (Å²) in [4.78, 5) is 0. The van der Waals surface area contributed by atoms with Crippen molar-refractivity contribution in [2.24, 2.45) is 5.92 Å². The third kappa shape index (κ3) is 0.243. The van der Waals surface area contributed by atoms with Gasteiger partial charge in [0.05, 0.1) is 6.10 Å². The molecule has 1 nitrogen and oxygen atoms in total. The minimum atomic E-state index is 0.713. The molecule has 1 saturated heterocycles. The molecule has 1 aliphatic heterocycles. The highest BCUT2D eigenvalue weighted by molar-refractivity contribution is 4.91. The summed E-state index contributed by atoms with van der Waals surface area (Å²) in [6.07, 6.45) is 3.41. The zero-order chi connectivity index (χ0) is 3.98. The van der Waals surface area contributed by atoms with Gasteiger partial charge in [-0.1, -0.05) is 0 Å². The molecule has 0 aromatic carbocycles. The van der Waals surface area contributed by atoms with Gasteiger partial charge in [-0.15, -0.1) is 0 Å². The van der Waals surface area contributed by atoms with E-state index >= 15 is 0 Å². The van der Waals surface area contributed by atoms with Crippen LogP contribution in [0.15, 0.2) is 0 Å². The highest BCUT2D eigenvalue weighted by Gasteiger charge is 2.42. The molecule has 0 spiro atoms. The molecular formula is C5H8O. The molecule has 0 aromatic heterocycles. The molecule has 34 valence electrons. The third-order valence-electron chi connectivity index (χ3n) is 1.68. The zero-order valence-electron chi connectivity index (χ0n) is 3.68. The minimum Gasteiger partial charge on any atom is -0.378 e. The van der Waals surface area contributed by atoms with Gasteiger partial charge in [-0.3, -0.25) is 0 Å². The number of ether oxygens (including phenoxy) is 1. The van der Waals surface area contributed by atoms with Crippen LogP contribution in [0.4, 0.5) is 0 Å². The third-order valence-corrected chi connectivity index (χ3v) is 1.68. The van der Waals surface area contributed by atoms with Crippen LogP contribution >= 0.6 is 0 Å². The summed E-state index contributed by atoms with van der Waals surface area (Å²) in [5.41, 5.74) is 0. The molecule has 0 bridgehead atoms.